The largest absolute Gasteiger partial charge is 0.384 e. The second kappa shape index (κ2) is 8.86. The van der Waals surface area contributed by atoms with E-state index in [2.05, 4.69) is 9.82 Å². The Kier molecular flexibility index (Phi) is 6.42. The summed E-state index contributed by atoms with van der Waals surface area (Å²) < 4.78 is 25.2. The number of benzene rings is 1. The molecule has 9 nitrogen and oxygen atoms in total. The SMILES string of the molecule is CC1=C(CC(=O)N(C)c2ccc(N)nc2C)C(=O)N(NS(=O)(=O)c2ccccc2)CC1. The van der Waals surface area contributed by atoms with Crippen molar-refractivity contribution in [2.45, 2.75) is 31.6 Å². The molecule has 3 rings (SSSR count). The van der Waals surface area contributed by atoms with Gasteiger partial charge in [-0.2, -0.15) is 0 Å². The average Bonchev–Trinajstić information content (AvgIpc) is 2.73. The maximum atomic E-state index is 13.0. The molecule has 1 aliphatic rings. The molecule has 0 saturated carbocycles. The highest BCUT2D eigenvalue weighted by Crippen LogP contribution is 2.25. The van der Waals surface area contributed by atoms with Gasteiger partial charge < -0.3 is 10.6 Å². The highest BCUT2D eigenvalue weighted by Gasteiger charge is 2.31. The predicted molar refractivity (Wildman–Crippen MR) is 117 cm³/mol. The zero-order valence-electron chi connectivity index (χ0n) is 17.6. The molecule has 1 aromatic carbocycles. The van der Waals surface area contributed by atoms with Gasteiger partial charge in [0.25, 0.3) is 15.9 Å². The summed E-state index contributed by atoms with van der Waals surface area (Å²) in [6, 6.07) is 11.1. The predicted octanol–water partition coefficient (Wildman–Crippen LogP) is 1.77. The van der Waals surface area contributed by atoms with E-state index in [1.54, 1.807) is 51.2 Å². The number of hydrogen-bond donors (Lipinski definition) is 2. The molecular weight excluding hydrogens is 418 g/mol. The monoisotopic (exact) mass is 443 g/mol. The van der Waals surface area contributed by atoms with Gasteiger partial charge in [0.1, 0.15) is 5.82 Å². The zero-order valence-corrected chi connectivity index (χ0v) is 18.4. The molecule has 2 aromatic rings. The second-order valence-electron chi connectivity index (χ2n) is 7.34. The number of sulfonamides is 1. The van der Waals surface area contributed by atoms with Crippen molar-refractivity contribution in [1.29, 1.82) is 0 Å². The van der Waals surface area contributed by atoms with Gasteiger partial charge in [0.2, 0.25) is 5.91 Å². The van der Waals surface area contributed by atoms with Crippen LogP contribution in [0.1, 0.15) is 25.5 Å². The van der Waals surface area contributed by atoms with E-state index in [9.17, 15) is 18.0 Å². The normalized spacial score (nSPS) is 14.7. The molecule has 1 aliphatic heterocycles. The Morgan fingerprint density at radius 2 is 1.87 bits per heavy atom. The number of hydrogen-bond acceptors (Lipinski definition) is 6. The first-order chi connectivity index (χ1) is 14.6. The van der Waals surface area contributed by atoms with Crippen LogP contribution in [0.2, 0.25) is 0 Å². The molecule has 0 saturated heterocycles. The molecule has 10 heteroatoms. The maximum absolute atomic E-state index is 13.0. The lowest BCUT2D eigenvalue weighted by atomic mass is 9.98. The Balaban J connectivity index is 1.76. The molecule has 164 valence electrons. The van der Waals surface area contributed by atoms with Crippen molar-refractivity contribution in [3.8, 4) is 0 Å². The molecule has 0 bridgehead atoms. The van der Waals surface area contributed by atoms with Crippen LogP contribution in [0, 0.1) is 6.92 Å². The van der Waals surface area contributed by atoms with Gasteiger partial charge in [-0.25, -0.2) is 13.4 Å². The Morgan fingerprint density at radius 3 is 2.52 bits per heavy atom. The minimum atomic E-state index is -3.91. The molecule has 2 heterocycles. The number of amides is 2. The summed E-state index contributed by atoms with van der Waals surface area (Å²) in [5, 5.41) is 1.05. The summed E-state index contributed by atoms with van der Waals surface area (Å²) >= 11 is 0. The number of carbonyl (C=O) groups excluding carboxylic acids is 2. The molecule has 3 N–H and O–H groups in total. The fraction of sp³-hybridized carbons (Fsp3) is 0.286. The smallest absolute Gasteiger partial charge is 0.265 e. The van der Waals surface area contributed by atoms with E-state index >= 15 is 0 Å². The highest BCUT2D eigenvalue weighted by molar-refractivity contribution is 7.89. The van der Waals surface area contributed by atoms with Crippen molar-refractivity contribution in [3.05, 3.63) is 59.3 Å². The third kappa shape index (κ3) is 4.92. The number of rotatable bonds is 6. The van der Waals surface area contributed by atoms with Crippen molar-refractivity contribution >= 4 is 33.3 Å². The molecule has 0 atom stereocenters. The van der Waals surface area contributed by atoms with E-state index in [0.717, 1.165) is 10.6 Å². The van der Waals surface area contributed by atoms with Gasteiger partial charge >= 0.3 is 0 Å². The van der Waals surface area contributed by atoms with Crippen LogP contribution in [0.25, 0.3) is 0 Å². The number of pyridine rings is 1. The first kappa shape index (κ1) is 22.4. The summed E-state index contributed by atoms with van der Waals surface area (Å²) in [6.07, 6.45) is 0.298. The molecule has 1 aromatic heterocycles. The van der Waals surface area contributed by atoms with E-state index in [1.807, 2.05) is 0 Å². The average molecular weight is 444 g/mol. The number of nitrogen functional groups attached to an aromatic ring is 1. The van der Waals surface area contributed by atoms with Crippen LogP contribution >= 0.6 is 0 Å². The molecule has 0 spiro atoms. The number of carbonyl (C=O) groups is 2. The van der Waals surface area contributed by atoms with Crippen LogP contribution in [-0.4, -0.2) is 43.8 Å². The Bertz CT molecular complexity index is 1150. The topological polar surface area (TPSA) is 126 Å². The lowest BCUT2D eigenvalue weighted by Gasteiger charge is -2.30. The van der Waals surface area contributed by atoms with Crippen molar-refractivity contribution in [2.75, 3.05) is 24.2 Å². The van der Waals surface area contributed by atoms with Crippen LogP contribution in [-0.2, 0) is 19.6 Å². The number of hydrazine groups is 1. The first-order valence-corrected chi connectivity index (χ1v) is 11.2. The Hall–Kier alpha value is -3.24. The van der Waals surface area contributed by atoms with Gasteiger partial charge in [-0.05, 0) is 44.5 Å². The minimum Gasteiger partial charge on any atom is -0.384 e. The van der Waals surface area contributed by atoms with E-state index < -0.39 is 15.9 Å². The molecule has 0 radical (unpaired) electrons. The van der Waals surface area contributed by atoms with Crippen LogP contribution in [0.3, 0.4) is 0 Å². The van der Waals surface area contributed by atoms with Gasteiger partial charge in [-0.15, -0.1) is 4.83 Å². The van der Waals surface area contributed by atoms with Crippen LogP contribution in [0.5, 0.6) is 0 Å². The second-order valence-corrected chi connectivity index (χ2v) is 9.00. The van der Waals surface area contributed by atoms with E-state index in [0.29, 0.717) is 23.6 Å². The number of nitrogens with two attached hydrogens (primary N) is 1. The maximum Gasteiger partial charge on any atom is 0.265 e. The molecule has 31 heavy (non-hydrogen) atoms. The Labute approximate surface area is 181 Å². The summed E-state index contributed by atoms with van der Waals surface area (Å²) in [5.74, 6) is -0.494. The van der Waals surface area contributed by atoms with Crippen molar-refractivity contribution in [1.82, 2.24) is 14.8 Å². The summed E-state index contributed by atoms with van der Waals surface area (Å²) in [6.45, 7) is 3.71. The van der Waals surface area contributed by atoms with Crippen LogP contribution in [0.4, 0.5) is 11.5 Å². The van der Waals surface area contributed by atoms with E-state index in [1.165, 1.54) is 17.0 Å². The van der Waals surface area contributed by atoms with Crippen molar-refractivity contribution in [3.63, 3.8) is 0 Å². The highest BCUT2D eigenvalue weighted by atomic mass is 32.2. The quantitative estimate of drug-likeness (QED) is 0.701. The van der Waals surface area contributed by atoms with Gasteiger partial charge in [0.15, 0.2) is 0 Å². The third-order valence-corrected chi connectivity index (χ3v) is 6.51. The standard InChI is InChI=1S/C21H25N5O4S/c1-14-11-12-26(24-31(29,30)16-7-5-4-6-8-16)21(28)17(14)13-20(27)25(3)18-9-10-19(22)23-15(18)2/h4-10,24H,11-13H2,1-3H3,(H2,22,23). The van der Waals surface area contributed by atoms with Crippen molar-refractivity contribution < 1.29 is 18.0 Å². The van der Waals surface area contributed by atoms with Gasteiger partial charge in [-0.3, -0.25) is 14.6 Å². The summed E-state index contributed by atoms with van der Waals surface area (Å²) in [4.78, 5) is 33.8. The van der Waals surface area contributed by atoms with E-state index in [4.69, 9.17) is 5.73 Å². The van der Waals surface area contributed by atoms with Crippen LogP contribution < -0.4 is 15.5 Å². The summed E-state index contributed by atoms with van der Waals surface area (Å²) in [7, 11) is -2.32. The Morgan fingerprint density at radius 1 is 1.19 bits per heavy atom. The summed E-state index contributed by atoms with van der Waals surface area (Å²) in [5.41, 5.74) is 7.88. The number of nitrogens with one attached hydrogen (secondary N) is 1. The van der Waals surface area contributed by atoms with Gasteiger partial charge in [-0.1, -0.05) is 23.8 Å². The number of anilines is 2. The molecule has 0 fully saturated rings. The first-order valence-electron chi connectivity index (χ1n) is 9.68. The van der Waals surface area contributed by atoms with E-state index in [-0.39, 0.29) is 29.3 Å². The molecular formula is C21H25N5O4S. The van der Waals surface area contributed by atoms with Crippen LogP contribution in [0.15, 0.2) is 58.5 Å². The van der Waals surface area contributed by atoms with Crippen molar-refractivity contribution in [2.24, 2.45) is 0 Å². The number of aryl methyl sites for hydroxylation is 1. The molecule has 0 unspecified atom stereocenters. The minimum absolute atomic E-state index is 0.0535. The number of aromatic nitrogens is 1. The fourth-order valence-corrected chi connectivity index (χ4v) is 4.41. The zero-order chi connectivity index (χ0) is 22.8. The third-order valence-electron chi connectivity index (χ3n) is 5.16. The fourth-order valence-electron chi connectivity index (χ4n) is 3.32. The number of nitrogens with zero attached hydrogens (tertiary/aromatic N) is 3. The van der Waals surface area contributed by atoms with Gasteiger partial charge in [0, 0.05) is 19.2 Å². The lowest BCUT2D eigenvalue weighted by Crippen LogP contribution is -2.49. The lowest BCUT2D eigenvalue weighted by molar-refractivity contribution is -0.130. The molecule has 0 aliphatic carbocycles. The molecule has 2 amide bonds. The van der Waals surface area contributed by atoms with Gasteiger partial charge in [0.05, 0.1) is 22.7 Å².